The second-order valence-electron chi connectivity index (χ2n) is 7.29. The molecule has 146 valence electrons. The Kier molecular flexibility index (Phi) is 13.7. The van der Waals surface area contributed by atoms with Crippen molar-refractivity contribution in [3.8, 4) is 0 Å². The average molecular weight is 391 g/mol. The maximum atomic E-state index is 10.7. The van der Waals surface area contributed by atoms with E-state index in [2.05, 4.69) is 24.1 Å². The highest BCUT2D eigenvalue weighted by atomic mass is 35.5. The van der Waals surface area contributed by atoms with Gasteiger partial charge in [-0.3, -0.25) is 0 Å². The molecule has 0 radical (unpaired) electrons. The van der Waals surface area contributed by atoms with E-state index < -0.39 is 6.10 Å². The third-order valence-electron chi connectivity index (χ3n) is 4.83. The fraction of sp³-hybridized carbons (Fsp3) is 0.700. The molecule has 2 atom stereocenters. The van der Waals surface area contributed by atoms with Crippen LogP contribution in [0, 0.1) is 5.92 Å². The van der Waals surface area contributed by atoms with Gasteiger partial charge in [0, 0.05) is 6.04 Å². The Hall–Kier alpha value is -0.320. The van der Waals surface area contributed by atoms with E-state index in [1.807, 2.05) is 30.3 Å². The molecule has 5 heteroatoms. The van der Waals surface area contributed by atoms with Gasteiger partial charge in [-0.25, -0.2) is 0 Å². The molecule has 1 aromatic rings. The van der Waals surface area contributed by atoms with Crippen molar-refractivity contribution in [3.63, 3.8) is 0 Å². The average Bonchev–Trinajstić information content (AvgIpc) is 3.07. The molecule has 0 bridgehead atoms. The highest BCUT2D eigenvalue weighted by molar-refractivity contribution is 5.85. The number of hydrogen-bond acceptors (Lipinski definition) is 3. The van der Waals surface area contributed by atoms with Crippen LogP contribution in [-0.4, -0.2) is 42.2 Å². The van der Waals surface area contributed by atoms with Crippen molar-refractivity contribution >= 4 is 24.8 Å². The fourth-order valence-corrected chi connectivity index (χ4v) is 3.36. The second-order valence-corrected chi connectivity index (χ2v) is 7.29. The number of nitrogens with zero attached hydrogens (tertiary/aromatic N) is 1. The van der Waals surface area contributed by atoms with Gasteiger partial charge in [-0.1, -0.05) is 44.2 Å². The molecule has 0 saturated carbocycles. The zero-order valence-corrected chi connectivity index (χ0v) is 17.3. The van der Waals surface area contributed by atoms with Crippen molar-refractivity contribution in [1.82, 2.24) is 10.2 Å². The summed E-state index contributed by atoms with van der Waals surface area (Å²) in [4.78, 5) is 2.55. The Morgan fingerprint density at radius 2 is 1.68 bits per heavy atom. The molecule has 1 aliphatic heterocycles. The minimum atomic E-state index is -0.415. The van der Waals surface area contributed by atoms with Crippen LogP contribution in [0.2, 0.25) is 0 Å². The third kappa shape index (κ3) is 9.25. The first-order valence-electron chi connectivity index (χ1n) is 9.35. The molecule has 1 saturated heterocycles. The zero-order chi connectivity index (χ0) is 16.5. The van der Waals surface area contributed by atoms with Crippen molar-refractivity contribution in [2.75, 3.05) is 26.2 Å². The summed E-state index contributed by atoms with van der Waals surface area (Å²) in [5.41, 5.74) is 1.02. The molecule has 1 fully saturated rings. The Balaban J connectivity index is 0.00000288. The van der Waals surface area contributed by atoms with E-state index in [1.54, 1.807) is 0 Å². The summed E-state index contributed by atoms with van der Waals surface area (Å²) in [6.07, 6.45) is 5.64. The van der Waals surface area contributed by atoms with Gasteiger partial charge in [0.15, 0.2) is 0 Å². The van der Waals surface area contributed by atoms with E-state index in [0.29, 0.717) is 5.92 Å². The number of hydrogen-bond donors (Lipinski definition) is 2. The number of likely N-dealkylation sites (tertiary alicyclic amines) is 1. The largest absolute Gasteiger partial charge is 0.387 e. The molecule has 0 aliphatic carbocycles. The minimum absolute atomic E-state index is 0. The van der Waals surface area contributed by atoms with Crippen LogP contribution >= 0.6 is 24.8 Å². The van der Waals surface area contributed by atoms with Gasteiger partial charge in [0.1, 0.15) is 0 Å². The molecule has 1 heterocycles. The lowest BCUT2D eigenvalue weighted by Crippen LogP contribution is -2.37. The summed E-state index contributed by atoms with van der Waals surface area (Å²) < 4.78 is 0. The minimum Gasteiger partial charge on any atom is -0.387 e. The number of nitrogens with one attached hydrogen (secondary N) is 1. The molecule has 0 aromatic heterocycles. The Morgan fingerprint density at radius 1 is 1.04 bits per heavy atom. The van der Waals surface area contributed by atoms with Gasteiger partial charge >= 0.3 is 0 Å². The van der Waals surface area contributed by atoms with E-state index >= 15 is 0 Å². The highest BCUT2D eigenvalue weighted by Gasteiger charge is 2.20. The smallest absolute Gasteiger partial charge is 0.0942 e. The van der Waals surface area contributed by atoms with Crippen LogP contribution in [-0.2, 0) is 0 Å². The first-order valence-corrected chi connectivity index (χ1v) is 9.35. The fourth-order valence-electron chi connectivity index (χ4n) is 3.36. The van der Waals surface area contributed by atoms with Crippen molar-refractivity contribution in [2.45, 2.75) is 58.1 Å². The maximum absolute atomic E-state index is 10.7. The summed E-state index contributed by atoms with van der Waals surface area (Å²) in [6.45, 7) is 9.21. The molecule has 1 aromatic carbocycles. The molecule has 25 heavy (non-hydrogen) atoms. The van der Waals surface area contributed by atoms with Gasteiger partial charge < -0.3 is 15.3 Å². The standard InChI is InChI=1S/C20H34N2O.2ClH/c1-17(2)11-12-19(20(23)18-9-4-3-5-10-18)21-13-8-16-22-14-6-7-15-22;;/h3-5,9-10,17,19-21,23H,6-8,11-16H2,1-2H3;2*1H/t19-,20+;;/m0../s1. The molecular formula is C20H36Cl2N2O. The second kappa shape index (κ2) is 13.8. The van der Waals surface area contributed by atoms with Crippen molar-refractivity contribution < 1.29 is 5.11 Å². The van der Waals surface area contributed by atoms with Crippen LogP contribution in [0.15, 0.2) is 30.3 Å². The SMILES string of the molecule is CC(C)CC[C@H](NCCCN1CCCC1)[C@H](O)c1ccccc1.Cl.Cl. The van der Waals surface area contributed by atoms with Crippen LogP contribution in [0.5, 0.6) is 0 Å². The number of benzene rings is 1. The molecular weight excluding hydrogens is 355 g/mol. The number of rotatable bonds is 10. The first kappa shape index (κ1) is 24.7. The topological polar surface area (TPSA) is 35.5 Å². The van der Waals surface area contributed by atoms with Crippen LogP contribution in [0.25, 0.3) is 0 Å². The monoisotopic (exact) mass is 390 g/mol. The van der Waals surface area contributed by atoms with Gasteiger partial charge in [-0.05, 0) is 69.8 Å². The Labute approximate surface area is 166 Å². The Morgan fingerprint density at radius 3 is 2.28 bits per heavy atom. The summed E-state index contributed by atoms with van der Waals surface area (Å²) in [5.74, 6) is 0.673. The summed E-state index contributed by atoms with van der Waals surface area (Å²) in [6, 6.07) is 10.2. The van der Waals surface area contributed by atoms with Gasteiger partial charge in [0.2, 0.25) is 0 Å². The molecule has 0 unspecified atom stereocenters. The summed E-state index contributed by atoms with van der Waals surface area (Å²) in [5, 5.41) is 14.4. The summed E-state index contributed by atoms with van der Waals surface area (Å²) >= 11 is 0. The van der Waals surface area contributed by atoms with Crippen molar-refractivity contribution in [1.29, 1.82) is 0 Å². The van der Waals surface area contributed by atoms with E-state index in [0.717, 1.165) is 24.9 Å². The third-order valence-corrected chi connectivity index (χ3v) is 4.83. The molecule has 0 spiro atoms. The summed E-state index contributed by atoms with van der Waals surface area (Å²) in [7, 11) is 0. The van der Waals surface area contributed by atoms with Crippen molar-refractivity contribution in [2.24, 2.45) is 5.92 Å². The molecule has 1 aliphatic rings. The number of aliphatic hydroxyl groups is 1. The van der Waals surface area contributed by atoms with Gasteiger partial charge in [-0.15, -0.1) is 24.8 Å². The predicted molar refractivity (Wildman–Crippen MR) is 112 cm³/mol. The lowest BCUT2D eigenvalue weighted by molar-refractivity contribution is 0.120. The molecule has 0 amide bonds. The van der Waals surface area contributed by atoms with E-state index in [-0.39, 0.29) is 30.9 Å². The van der Waals surface area contributed by atoms with Crippen LogP contribution in [0.4, 0.5) is 0 Å². The number of halogens is 2. The van der Waals surface area contributed by atoms with Gasteiger partial charge in [0.05, 0.1) is 6.10 Å². The highest BCUT2D eigenvalue weighted by Crippen LogP contribution is 2.21. The van der Waals surface area contributed by atoms with Gasteiger partial charge in [-0.2, -0.15) is 0 Å². The lowest BCUT2D eigenvalue weighted by atomic mass is 9.95. The van der Waals surface area contributed by atoms with Crippen LogP contribution in [0.3, 0.4) is 0 Å². The zero-order valence-electron chi connectivity index (χ0n) is 15.7. The number of aliphatic hydroxyl groups excluding tert-OH is 1. The quantitative estimate of drug-likeness (QED) is 0.579. The van der Waals surface area contributed by atoms with E-state index in [9.17, 15) is 5.11 Å². The molecule has 3 nitrogen and oxygen atoms in total. The lowest BCUT2D eigenvalue weighted by Gasteiger charge is -2.26. The predicted octanol–water partition coefficient (Wildman–Crippen LogP) is 4.44. The van der Waals surface area contributed by atoms with Gasteiger partial charge in [0.25, 0.3) is 0 Å². The van der Waals surface area contributed by atoms with Crippen LogP contribution in [0.1, 0.15) is 57.6 Å². The van der Waals surface area contributed by atoms with Crippen LogP contribution < -0.4 is 5.32 Å². The Bertz CT molecular complexity index is 425. The first-order chi connectivity index (χ1) is 11.2. The maximum Gasteiger partial charge on any atom is 0.0942 e. The van der Waals surface area contributed by atoms with Crippen molar-refractivity contribution in [3.05, 3.63) is 35.9 Å². The molecule has 2 rings (SSSR count). The normalized spacial score (nSPS) is 17.0. The van der Waals surface area contributed by atoms with E-state index in [1.165, 1.54) is 38.9 Å². The molecule has 2 N–H and O–H groups in total. The van der Waals surface area contributed by atoms with E-state index in [4.69, 9.17) is 0 Å².